The van der Waals surface area contributed by atoms with Gasteiger partial charge in [0.2, 0.25) is 5.91 Å². The maximum Gasteiger partial charge on any atom is 0.252 e. The number of likely N-dealkylation sites (tertiary alicyclic amines) is 1. The Morgan fingerprint density at radius 1 is 1.44 bits per heavy atom. The molecule has 1 fully saturated rings. The van der Waals surface area contributed by atoms with Crippen molar-refractivity contribution in [3.63, 3.8) is 0 Å². The van der Waals surface area contributed by atoms with Gasteiger partial charge in [0.25, 0.3) is 5.91 Å². The van der Waals surface area contributed by atoms with Crippen LogP contribution < -0.4 is 5.32 Å². The lowest BCUT2D eigenvalue weighted by Gasteiger charge is -2.14. The Bertz CT molecular complexity index is 502. The second-order valence-corrected chi connectivity index (χ2v) is 4.36. The smallest absolute Gasteiger partial charge is 0.252 e. The van der Waals surface area contributed by atoms with Gasteiger partial charge in [0.15, 0.2) is 0 Å². The molecule has 1 unspecified atom stereocenters. The molecule has 2 rings (SSSR count). The molecular weight excluding hydrogens is 235 g/mol. The highest BCUT2D eigenvalue weighted by Crippen LogP contribution is 2.21. The molecule has 4 nitrogen and oxygen atoms in total. The monoisotopic (exact) mass is 250 g/mol. The summed E-state index contributed by atoms with van der Waals surface area (Å²) in [5, 5.41) is 2.81. The first-order valence-corrected chi connectivity index (χ1v) is 5.89. The first-order chi connectivity index (χ1) is 8.52. The Hall–Kier alpha value is -1.91. The zero-order chi connectivity index (χ0) is 13.3. The van der Waals surface area contributed by atoms with Crippen LogP contribution in [0.1, 0.15) is 18.9 Å². The summed E-state index contributed by atoms with van der Waals surface area (Å²) in [6, 6.07) is 3.97. The van der Waals surface area contributed by atoms with E-state index in [0.29, 0.717) is 6.54 Å². The molecule has 0 aliphatic carbocycles. The molecule has 1 aliphatic rings. The molecule has 1 aliphatic heterocycles. The van der Waals surface area contributed by atoms with Crippen molar-refractivity contribution in [1.29, 1.82) is 0 Å². The van der Waals surface area contributed by atoms with Gasteiger partial charge in [-0.25, -0.2) is 4.39 Å². The van der Waals surface area contributed by atoms with E-state index in [1.165, 1.54) is 11.0 Å². The van der Waals surface area contributed by atoms with Crippen LogP contribution >= 0.6 is 0 Å². The van der Waals surface area contributed by atoms with Crippen molar-refractivity contribution >= 4 is 17.5 Å². The maximum atomic E-state index is 13.6. The zero-order valence-corrected chi connectivity index (χ0v) is 10.4. The van der Waals surface area contributed by atoms with Crippen LogP contribution in [0, 0.1) is 12.7 Å². The van der Waals surface area contributed by atoms with E-state index in [4.69, 9.17) is 0 Å². The minimum atomic E-state index is -0.659. The number of carbonyl (C=O) groups excluding carboxylic acids is 2. The van der Waals surface area contributed by atoms with E-state index in [-0.39, 0.29) is 23.9 Å². The fourth-order valence-electron chi connectivity index (χ4n) is 2.07. The summed E-state index contributed by atoms with van der Waals surface area (Å²) in [5.74, 6) is -0.924. The van der Waals surface area contributed by atoms with Crippen molar-refractivity contribution in [2.24, 2.45) is 0 Å². The van der Waals surface area contributed by atoms with Crippen LogP contribution in [0.15, 0.2) is 18.2 Å². The number of halogens is 1. The molecule has 0 aromatic heterocycles. The lowest BCUT2D eigenvalue weighted by Crippen LogP contribution is -2.34. The lowest BCUT2D eigenvalue weighted by atomic mass is 10.2. The van der Waals surface area contributed by atoms with Crippen LogP contribution in [0.5, 0.6) is 0 Å². The van der Waals surface area contributed by atoms with Gasteiger partial charge in [0.1, 0.15) is 11.9 Å². The highest BCUT2D eigenvalue weighted by molar-refractivity contribution is 6.06. The number of anilines is 1. The standard InChI is InChI=1S/C13H15FN2O2/c1-3-16-12(17)7-11(13(16)18)15-10-6-8(2)4-5-9(10)14/h4-6,11,15H,3,7H2,1-2H3. The highest BCUT2D eigenvalue weighted by Gasteiger charge is 2.37. The average molecular weight is 250 g/mol. The minimum absolute atomic E-state index is 0.0834. The number of imide groups is 1. The first-order valence-electron chi connectivity index (χ1n) is 5.89. The first kappa shape index (κ1) is 12.5. The fourth-order valence-corrected chi connectivity index (χ4v) is 2.07. The largest absolute Gasteiger partial charge is 0.371 e. The Kier molecular flexibility index (Phi) is 3.32. The molecule has 18 heavy (non-hydrogen) atoms. The average Bonchev–Trinajstić information content (AvgIpc) is 2.59. The number of rotatable bonds is 3. The predicted molar refractivity (Wildman–Crippen MR) is 65.6 cm³/mol. The molecule has 0 spiro atoms. The molecular formula is C13H15FN2O2. The van der Waals surface area contributed by atoms with Gasteiger partial charge in [0.05, 0.1) is 12.1 Å². The third-order valence-corrected chi connectivity index (χ3v) is 3.01. The lowest BCUT2D eigenvalue weighted by molar-refractivity contribution is -0.138. The molecule has 0 radical (unpaired) electrons. The Labute approximate surface area is 105 Å². The number of nitrogens with zero attached hydrogens (tertiary/aromatic N) is 1. The summed E-state index contributed by atoms with van der Waals surface area (Å²) >= 11 is 0. The Morgan fingerprint density at radius 3 is 2.78 bits per heavy atom. The Balaban J connectivity index is 2.18. The number of likely N-dealkylation sites (N-methyl/N-ethyl adjacent to an activating group) is 1. The topological polar surface area (TPSA) is 49.4 Å². The minimum Gasteiger partial charge on any atom is -0.371 e. The van der Waals surface area contributed by atoms with Crippen LogP contribution in [0.2, 0.25) is 0 Å². The van der Waals surface area contributed by atoms with Crippen LogP contribution in [-0.4, -0.2) is 29.3 Å². The molecule has 1 N–H and O–H groups in total. The van der Waals surface area contributed by atoms with Crippen LogP contribution in [-0.2, 0) is 9.59 Å². The van der Waals surface area contributed by atoms with Crippen molar-refractivity contribution in [2.75, 3.05) is 11.9 Å². The summed E-state index contributed by atoms with van der Waals surface area (Å²) in [6.45, 7) is 3.93. The summed E-state index contributed by atoms with van der Waals surface area (Å²) in [6.07, 6.45) is 0.0834. The molecule has 96 valence electrons. The Morgan fingerprint density at radius 2 is 2.17 bits per heavy atom. The van der Waals surface area contributed by atoms with E-state index in [1.54, 1.807) is 19.1 Å². The van der Waals surface area contributed by atoms with Crippen molar-refractivity contribution in [3.05, 3.63) is 29.6 Å². The van der Waals surface area contributed by atoms with Gasteiger partial charge in [-0.1, -0.05) is 6.07 Å². The van der Waals surface area contributed by atoms with E-state index >= 15 is 0 Å². The number of hydrogen-bond acceptors (Lipinski definition) is 3. The molecule has 1 saturated heterocycles. The number of nitrogens with one attached hydrogen (secondary N) is 1. The van der Waals surface area contributed by atoms with E-state index < -0.39 is 11.9 Å². The molecule has 0 bridgehead atoms. The van der Waals surface area contributed by atoms with Gasteiger partial charge in [-0.2, -0.15) is 0 Å². The SMILES string of the molecule is CCN1C(=O)CC(Nc2cc(C)ccc2F)C1=O. The van der Waals surface area contributed by atoms with Gasteiger partial charge >= 0.3 is 0 Å². The third kappa shape index (κ3) is 2.20. The van der Waals surface area contributed by atoms with Gasteiger partial charge in [-0.3, -0.25) is 14.5 Å². The van der Waals surface area contributed by atoms with Crippen LogP contribution in [0.4, 0.5) is 10.1 Å². The van der Waals surface area contributed by atoms with Crippen molar-refractivity contribution in [2.45, 2.75) is 26.3 Å². The van der Waals surface area contributed by atoms with Crippen molar-refractivity contribution in [3.8, 4) is 0 Å². The fraction of sp³-hybridized carbons (Fsp3) is 0.385. The summed E-state index contributed by atoms with van der Waals surface area (Å²) in [7, 11) is 0. The number of hydrogen-bond donors (Lipinski definition) is 1. The molecule has 1 atom stereocenters. The number of carbonyl (C=O) groups is 2. The molecule has 1 aromatic carbocycles. The number of amides is 2. The highest BCUT2D eigenvalue weighted by atomic mass is 19.1. The third-order valence-electron chi connectivity index (χ3n) is 3.01. The second-order valence-electron chi connectivity index (χ2n) is 4.36. The number of benzene rings is 1. The van der Waals surface area contributed by atoms with Gasteiger partial charge in [-0.15, -0.1) is 0 Å². The molecule has 1 aromatic rings. The summed E-state index contributed by atoms with van der Waals surface area (Å²) in [5.41, 5.74) is 1.15. The molecule has 2 amide bonds. The van der Waals surface area contributed by atoms with Crippen LogP contribution in [0.3, 0.4) is 0 Å². The van der Waals surface area contributed by atoms with Crippen molar-refractivity contribution < 1.29 is 14.0 Å². The van der Waals surface area contributed by atoms with E-state index in [2.05, 4.69) is 5.32 Å². The zero-order valence-electron chi connectivity index (χ0n) is 10.4. The van der Waals surface area contributed by atoms with Gasteiger partial charge in [0, 0.05) is 6.54 Å². The quantitative estimate of drug-likeness (QED) is 0.830. The predicted octanol–water partition coefficient (Wildman–Crippen LogP) is 1.69. The second kappa shape index (κ2) is 4.76. The van der Waals surface area contributed by atoms with E-state index in [1.807, 2.05) is 6.92 Å². The summed E-state index contributed by atoms with van der Waals surface area (Å²) in [4.78, 5) is 24.6. The van der Waals surface area contributed by atoms with Gasteiger partial charge < -0.3 is 5.32 Å². The van der Waals surface area contributed by atoms with Crippen LogP contribution in [0.25, 0.3) is 0 Å². The van der Waals surface area contributed by atoms with E-state index in [9.17, 15) is 14.0 Å². The maximum absolute atomic E-state index is 13.6. The molecule has 5 heteroatoms. The molecule has 1 heterocycles. The summed E-state index contributed by atoms with van der Waals surface area (Å²) < 4.78 is 13.6. The van der Waals surface area contributed by atoms with E-state index in [0.717, 1.165) is 5.56 Å². The molecule has 0 saturated carbocycles. The normalized spacial score (nSPS) is 19.5. The van der Waals surface area contributed by atoms with Gasteiger partial charge in [-0.05, 0) is 31.5 Å². The van der Waals surface area contributed by atoms with Crippen molar-refractivity contribution in [1.82, 2.24) is 4.90 Å². The number of aryl methyl sites for hydroxylation is 1.